The van der Waals surface area contributed by atoms with Crippen LogP contribution in [0.25, 0.3) is 0 Å². The highest BCUT2D eigenvalue weighted by Crippen LogP contribution is 2.36. The van der Waals surface area contributed by atoms with Gasteiger partial charge in [-0.15, -0.1) is 0 Å². The number of hydrogen-bond donors (Lipinski definition) is 1. The van der Waals surface area contributed by atoms with Crippen molar-refractivity contribution in [1.82, 2.24) is 5.43 Å². The molecule has 0 aliphatic heterocycles. The Morgan fingerprint density at radius 3 is 2.54 bits per heavy atom. The summed E-state index contributed by atoms with van der Waals surface area (Å²) < 4.78 is 37.3. The van der Waals surface area contributed by atoms with Crippen molar-refractivity contribution in [3.05, 3.63) is 87.4 Å². The van der Waals surface area contributed by atoms with Gasteiger partial charge in [-0.3, -0.25) is 9.10 Å². The molecule has 0 aliphatic rings. The van der Waals surface area contributed by atoms with Crippen LogP contribution < -0.4 is 19.2 Å². The molecule has 0 bridgehead atoms. The summed E-state index contributed by atoms with van der Waals surface area (Å²) in [5.41, 5.74) is 4.25. The van der Waals surface area contributed by atoms with E-state index in [-0.39, 0.29) is 5.69 Å². The lowest BCUT2D eigenvalue weighted by Crippen LogP contribution is -2.39. The molecule has 8 nitrogen and oxygen atoms in total. The van der Waals surface area contributed by atoms with Gasteiger partial charge in [0.2, 0.25) is 10.0 Å². The van der Waals surface area contributed by atoms with E-state index in [9.17, 15) is 13.2 Å². The summed E-state index contributed by atoms with van der Waals surface area (Å²) in [7, 11) is -2.20. The number of anilines is 1. The van der Waals surface area contributed by atoms with Crippen LogP contribution in [0.5, 0.6) is 11.5 Å². The van der Waals surface area contributed by atoms with Gasteiger partial charge >= 0.3 is 0 Å². The molecule has 0 saturated carbocycles. The van der Waals surface area contributed by atoms with Crippen LogP contribution >= 0.6 is 27.5 Å². The lowest BCUT2D eigenvalue weighted by Gasteiger charge is -2.21. The first kappa shape index (κ1) is 26.5. The van der Waals surface area contributed by atoms with Gasteiger partial charge in [-0.05, 0) is 57.4 Å². The Morgan fingerprint density at radius 2 is 1.89 bits per heavy atom. The van der Waals surface area contributed by atoms with E-state index in [0.29, 0.717) is 33.2 Å². The van der Waals surface area contributed by atoms with Crippen molar-refractivity contribution in [2.24, 2.45) is 5.10 Å². The van der Waals surface area contributed by atoms with Gasteiger partial charge in [-0.2, -0.15) is 5.10 Å². The van der Waals surface area contributed by atoms with E-state index in [1.54, 1.807) is 30.3 Å². The van der Waals surface area contributed by atoms with Crippen LogP contribution in [-0.2, 0) is 21.4 Å². The minimum atomic E-state index is -3.73. The van der Waals surface area contributed by atoms with Crippen molar-refractivity contribution in [1.29, 1.82) is 0 Å². The largest absolute Gasteiger partial charge is 0.493 e. The number of nitrogens with zero attached hydrogens (tertiary/aromatic N) is 2. The van der Waals surface area contributed by atoms with Crippen LogP contribution in [0.3, 0.4) is 0 Å². The summed E-state index contributed by atoms with van der Waals surface area (Å²) in [5.74, 6) is 0.385. The Morgan fingerprint density at radius 1 is 1.14 bits per heavy atom. The lowest BCUT2D eigenvalue weighted by molar-refractivity contribution is -0.119. The number of methoxy groups -OCH3 is 1. The number of nitrogens with one attached hydrogen (secondary N) is 1. The van der Waals surface area contributed by atoms with Crippen LogP contribution in [0.15, 0.2) is 76.3 Å². The minimum Gasteiger partial charge on any atom is -0.493 e. The van der Waals surface area contributed by atoms with Gasteiger partial charge in [0.25, 0.3) is 5.91 Å². The number of amides is 1. The number of sulfonamides is 1. The van der Waals surface area contributed by atoms with E-state index >= 15 is 0 Å². The number of carbonyl (C=O) groups excluding carboxylic acids is 1. The Kier molecular flexibility index (Phi) is 9.13. The molecular formula is C24H23BrClN3O5S. The van der Waals surface area contributed by atoms with Gasteiger partial charge in [0.15, 0.2) is 11.5 Å². The van der Waals surface area contributed by atoms with Crippen LogP contribution in [0, 0.1) is 0 Å². The maximum atomic E-state index is 12.4. The third kappa shape index (κ3) is 7.71. The highest BCUT2D eigenvalue weighted by Gasteiger charge is 2.21. The predicted octanol–water partition coefficient (Wildman–Crippen LogP) is 4.61. The highest BCUT2D eigenvalue weighted by atomic mass is 79.9. The molecule has 0 unspecified atom stereocenters. The average Bonchev–Trinajstić information content (AvgIpc) is 2.81. The fourth-order valence-electron chi connectivity index (χ4n) is 3.06. The molecule has 0 radical (unpaired) electrons. The van der Waals surface area contributed by atoms with Crippen LogP contribution in [-0.4, -0.2) is 40.4 Å². The molecule has 0 fully saturated rings. The third-order valence-corrected chi connectivity index (χ3v) is 6.63. The zero-order chi connectivity index (χ0) is 25.4. The first-order valence-electron chi connectivity index (χ1n) is 10.3. The molecule has 0 aromatic heterocycles. The molecule has 0 atom stereocenters. The maximum absolute atomic E-state index is 12.4. The highest BCUT2D eigenvalue weighted by molar-refractivity contribution is 9.10. The molecule has 0 aliphatic carbocycles. The standard InChI is InChI=1S/C24H23BrClN3O5S/c1-33-22-12-18(11-21(25)24(22)34-16-17-7-4-3-5-8-17)14-27-28-23(30)15-29(35(2,31)32)20-10-6-9-19(26)13-20/h3-14H,15-16H2,1-2H3,(H,28,30)/b27-14-. The number of hydrazone groups is 1. The van der Waals surface area contributed by atoms with Crippen molar-refractivity contribution >= 4 is 55.4 Å². The fourth-order valence-corrected chi connectivity index (χ4v) is 4.67. The molecule has 1 amide bonds. The van der Waals surface area contributed by atoms with E-state index < -0.39 is 22.5 Å². The second-order valence-electron chi connectivity index (χ2n) is 7.35. The van der Waals surface area contributed by atoms with E-state index in [1.165, 1.54) is 19.4 Å². The second-order valence-corrected chi connectivity index (χ2v) is 10.5. The van der Waals surface area contributed by atoms with Crippen molar-refractivity contribution in [2.75, 3.05) is 24.2 Å². The second kappa shape index (κ2) is 12.1. The van der Waals surface area contributed by atoms with E-state index in [4.69, 9.17) is 21.1 Å². The Labute approximate surface area is 217 Å². The molecule has 3 rings (SSSR count). The molecule has 0 heterocycles. The van der Waals surface area contributed by atoms with Gasteiger partial charge in [0.1, 0.15) is 13.2 Å². The molecule has 3 aromatic rings. The summed E-state index contributed by atoms with van der Waals surface area (Å²) >= 11 is 9.44. The topological polar surface area (TPSA) is 97.3 Å². The molecule has 184 valence electrons. The van der Waals surface area contributed by atoms with Crippen LogP contribution in [0.2, 0.25) is 5.02 Å². The normalized spacial score (nSPS) is 11.3. The van der Waals surface area contributed by atoms with E-state index in [1.807, 2.05) is 30.3 Å². The smallest absolute Gasteiger partial charge is 0.260 e. The number of benzene rings is 3. The molecular weight excluding hydrogens is 558 g/mol. The Bertz CT molecular complexity index is 1320. The number of halogens is 2. The minimum absolute atomic E-state index is 0.277. The maximum Gasteiger partial charge on any atom is 0.260 e. The number of hydrogen-bond acceptors (Lipinski definition) is 6. The van der Waals surface area contributed by atoms with Gasteiger partial charge in [0.05, 0.1) is 29.7 Å². The quantitative estimate of drug-likeness (QED) is 0.279. The van der Waals surface area contributed by atoms with Crippen molar-refractivity contribution in [2.45, 2.75) is 6.61 Å². The molecule has 0 spiro atoms. The van der Waals surface area contributed by atoms with Gasteiger partial charge in [-0.1, -0.05) is 48.0 Å². The SMILES string of the molecule is COc1cc(/C=N\NC(=O)CN(c2cccc(Cl)c2)S(C)(=O)=O)cc(Br)c1OCc1ccccc1. The predicted molar refractivity (Wildman–Crippen MR) is 141 cm³/mol. The Hall–Kier alpha value is -3.08. The third-order valence-electron chi connectivity index (χ3n) is 4.66. The number of rotatable bonds is 10. The van der Waals surface area contributed by atoms with Crippen LogP contribution in [0.1, 0.15) is 11.1 Å². The summed E-state index contributed by atoms with van der Waals surface area (Å²) in [6.45, 7) is -0.0987. The Balaban J connectivity index is 1.67. The van der Waals surface area contributed by atoms with Crippen molar-refractivity contribution in [3.63, 3.8) is 0 Å². The first-order valence-corrected chi connectivity index (χ1v) is 13.3. The lowest BCUT2D eigenvalue weighted by atomic mass is 10.2. The van der Waals surface area contributed by atoms with Crippen LogP contribution in [0.4, 0.5) is 5.69 Å². The first-order chi connectivity index (χ1) is 16.7. The molecule has 35 heavy (non-hydrogen) atoms. The van der Waals surface area contributed by atoms with Crippen molar-refractivity contribution < 1.29 is 22.7 Å². The van der Waals surface area contributed by atoms with Gasteiger partial charge in [-0.25, -0.2) is 13.8 Å². The summed E-state index contributed by atoms with van der Waals surface area (Å²) in [4.78, 5) is 12.4. The molecule has 3 aromatic carbocycles. The van der Waals surface area contributed by atoms with E-state index in [0.717, 1.165) is 16.1 Å². The number of ether oxygens (including phenoxy) is 2. The van der Waals surface area contributed by atoms with Gasteiger partial charge in [0, 0.05) is 5.02 Å². The number of carbonyl (C=O) groups is 1. The molecule has 0 saturated heterocycles. The summed E-state index contributed by atoms with van der Waals surface area (Å²) in [6, 6.07) is 19.4. The average molecular weight is 581 g/mol. The summed E-state index contributed by atoms with van der Waals surface area (Å²) in [6.07, 6.45) is 2.42. The summed E-state index contributed by atoms with van der Waals surface area (Å²) in [5, 5.41) is 4.29. The molecule has 1 N–H and O–H groups in total. The monoisotopic (exact) mass is 579 g/mol. The van der Waals surface area contributed by atoms with Crippen molar-refractivity contribution in [3.8, 4) is 11.5 Å². The van der Waals surface area contributed by atoms with Gasteiger partial charge < -0.3 is 9.47 Å². The zero-order valence-corrected chi connectivity index (χ0v) is 22.1. The van der Waals surface area contributed by atoms with E-state index in [2.05, 4.69) is 26.5 Å². The zero-order valence-electron chi connectivity index (χ0n) is 18.9. The fraction of sp³-hybridized carbons (Fsp3) is 0.167. The molecule has 11 heteroatoms.